The van der Waals surface area contributed by atoms with Gasteiger partial charge in [0.05, 0.1) is 23.8 Å². The first-order valence-electron chi connectivity index (χ1n) is 7.54. The minimum Gasteiger partial charge on any atom is -0.374 e. The Morgan fingerprint density at radius 3 is 2.42 bits per heavy atom. The summed E-state index contributed by atoms with van der Waals surface area (Å²) in [5.74, 6) is 0. The molecule has 5 heteroatoms. The minimum absolute atomic E-state index is 0.156. The Morgan fingerprint density at radius 1 is 0.958 bits per heavy atom. The van der Waals surface area contributed by atoms with Gasteiger partial charge in [-0.1, -0.05) is 48.5 Å². The lowest BCUT2D eigenvalue weighted by molar-refractivity contribution is 0.212. The summed E-state index contributed by atoms with van der Waals surface area (Å²) in [5.41, 5.74) is 8.47. The van der Waals surface area contributed by atoms with Crippen molar-refractivity contribution in [3.63, 3.8) is 0 Å². The van der Waals surface area contributed by atoms with Crippen molar-refractivity contribution < 1.29 is 4.84 Å². The summed E-state index contributed by atoms with van der Waals surface area (Å²) in [6, 6.07) is 20.2. The van der Waals surface area contributed by atoms with Crippen LogP contribution < -0.4 is 10.8 Å². The number of anilines is 1. The first-order chi connectivity index (χ1) is 11.7. The topological polar surface area (TPSA) is 51.4 Å². The zero-order valence-corrected chi connectivity index (χ0v) is 13.9. The quantitative estimate of drug-likeness (QED) is 0.258. The van der Waals surface area contributed by atoms with Gasteiger partial charge in [0.25, 0.3) is 0 Å². The molecule has 118 valence electrons. The number of fused-ring (bicyclic) bond motifs is 4. The highest BCUT2D eigenvalue weighted by atomic mass is 32.1. The Hall–Kier alpha value is -2.76. The number of nitrogens with two attached hydrogens (primary N) is 1. The first-order valence-corrected chi connectivity index (χ1v) is 7.95. The zero-order valence-electron chi connectivity index (χ0n) is 13.1. The summed E-state index contributed by atoms with van der Waals surface area (Å²) in [6.07, 6.45) is 0. The van der Waals surface area contributed by atoms with E-state index in [0.717, 1.165) is 38.3 Å². The monoisotopic (exact) mass is 333 g/mol. The Bertz CT molecular complexity index is 1090. The van der Waals surface area contributed by atoms with Gasteiger partial charge in [-0.25, -0.2) is 4.98 Å². The molecule has 0 unspecified atom stereocenters. The largest absolute Gasteiger partial charge is 0.374 e. The molecular formula is C19H15N3OS. The smallest absolute Gasteiger partial charge is 0.195 e. The van der Waals surface area contributed by atoms with Crippen molar-refractivity contribution in [2.24, 2.45) is 5.73 Å². The predicted molar refractivity (Wildman–Crippen MR) is 103 cm³/mol. The minimum atomic E-state index is 0.156. The summed E-state index contributed by atoms with van der Waals surface area (Å²) in [7, 11) is 1.56. The number of para-hydroxylation sites is 1. The molecule has 0 aliphatic heterocycles. The van der Waals surface area contributed by atoms with Gasteiger partial charge in [-0.2, -0.15) is 5.06 Å². The van der Waals surface area contributed by atoms with Crippen LogP contribution in [-0.2, 0) is 4.84 Å². The lowest BCUT2D eigenvalue weighted by Gasteiger charge is -2.23. The fourth-order valence-electron chi connectivity index (χ4n) is 3.11. The SMILES string of the molecule is CON(C(N)=S)c1c2ccccc2nc2c1ccc1ccccc12. The van der Waals surface area contributed by atoms with E-state index in [1.165, 1.54) is 5.06 Å². The molecule has 0 aliphatic carbocycles. The van der Waals surface area contributed by atoms with Crippen molar-refractivity contribution in [1.82, 2.24) is 4.98 Å². The predicted octanol–water partition coefficient (Wildman–Crippen LogP) is 4.15. The molecule has 0 amide bonds. The number of rotatable bonds is 2. The van der Waals surface area contributed by atoms with E-state index in [1.807, 2.05) is 42.5 Å². The molecule has 0 bridgehead atoms. The van der Waals surface area contributed by atoms with E-state index in [9.17, 15) is 0 Å². The molecule has 4 nitrogen and oxygen atoms in total. The second kappa shape index (κ2) is 5.70. The Balaban J connectivity index is 2.24. The summed E-state index contributed by atoms with van der Waals surface area (Å²) < 4.78 is 0. The third kappa shape index (κ3) is 2.18. The molecule has 3 aromatic carbocycles. The molecule has 0 aliphatic rings. The molecule has 0 spiro atoms. The molecule has 0 radical (unpaired) electrons. The second-order valence-corrected chi connectivity index (χ2v) is 5.89. The summed E-state index contributed by atoms with van der Waals surface area (Å²) in [4.78, 5) is 10.3. The van der Waals surface area contributed by atoms with E-state index in [1.54, 1.807) is 7.11 Å². The van der Waals surface area contributed by atoms with Crippen molar-refractivity contribution in [3.8, 4) is 0 Å². The number of aromatic nitrogens is 1. The molecule has 0 atom stereocenters. The standard InChI is InChI=1S/C19H15N3OS/c1-23-22(19(20)24)18-14-8-4-5-9-16(14)21-17-13-7-3-2-6-12(13)10-11-15(17)18/h2-11H,1H3,(H2,20,24). The van der Waals surface area contributed by atoms with Crippen molar-refractivity contribution in [2.45, 2.75) is 0 Å². The van der Waals surface area contributed by atoms with Crippen molar-refractivity contribution in [3.05, 3.63) is 60.7 Å². The Labute approximate surface area is 144 Å². The molecule has 0 saturated heterocycles. The zero-order chi connectivity index (χ0) is 16.7. The molecule has 24 heavy (non-hydrogen) atoms. The van der Waals surface area contributed by atoms with Crippen molar-refractivity contribution >= 4 is 55.6 Å². The highest BCUT2D eigenvalue weighted by Gasteiger charge is 2.18. The normalized spacial score (nSPS) is 11.2. The van der Waals surface area contributed by atoms with E-state index in [0.29, 0.717) is 0 Å². The van der Waals surface area contributed by atoms with Gasteiger partial charge >= 0.3 is 0 Å². The highest BCUT2D eigenvalue weighted by molar-refractivity contribution is 7.80. The highest BCUT2D eigenvalue weighted by Crippen LogP contribution is 2.36. The molecule has 0 saturated carbocycles. The summed E-state index contributed by atoms with van der Waals surface area (Å²) >= 11 is 5.18. The third-order valence-electron chi connectivity index (χ3n) is 4.13. The molecule has 1 heterocycles. The van der Waals surface area contributed by atoms with Gasteiger partial charge in [0.15, 0.2) is 5.11 Å². The fraction of sp³-hybridized carbons (Fsp3) is 0.0526. The van der Waals surface area contributed by atoms with Gasteiger partial charge < -0.3 is 5.73 Å². The summed E-state index contributed by atoms with van der Waals surface area (Å²) in [5, 5.41) is 5.75. The van der Waals surface area contributed by atoms with E-state index in [4.69, 9.17) is 27.8 Å². The first kappa shape index (κ1) is 14.8. The lowest BCUT2D eigenvalue weighted by Crippen LogP contribution is -2.34. The number of benzene rings is 3. The lowest BCUT2D eigenvalue weighted by atomic mass is 10.0. The van der Waals surface area contributed by atoms with Crippen LogP contribution in [0.1, 0.15) is 0 Å². The molecule has 4 rings (SSSR count). The molecule has 1 aromatic heterocycles. The number of hydrogen-bond acceptors (Lipinski definition) is 3. The number of thiocarbonyl (C=S) groups is 1. The van der Waals surface area contributed by atoms with Gasteiger partial charge in [-0.15, -0.1) is 0 Å². The van der Waals surface area contributed by atoms with Crippen LogP contribution in [-0.4, -0.2) is 17.2 Å². The van der Waals surface area contributed by atoms with Crippen molar-refractivity contribution in [2.75, 3.05) is 12.2 Å². The number of hydrogen-bond donors (Lipinski definition) is 1. The fourth-order valence-corrected chi connectivity index (χ4v) is 3.28. The van der Waals surface area contributed by atoms with E-state index in [2.05, 4.69) is 18.2 Å². The Kier molecular flexibility index (Phi) is 3.52. The van der Waals surface area contributed by atoms with Crippen LogP contribution in [0.5, 0.6) is 0 Å². The van der Waals surface area contributed by atoms with Gasteiger partial charge in [0.2, 0.25) is 0 Å². The third-order valence-corrected chi connectivity index (χ3v) is 4.30. The molecular weight excluding hydrogens is 318 g/mol. The maximum atomic E-state index is 5.89. The van der Waals surface area contributed by atoms with Crippen molar-refractivity contribution in [1.29, 1.82) is 0 Å². The van der Waals surface area contributed by atoms with E-state index >= 15 is 0 Å². The van der Waals surface area contributed by atoms with Crippen LogP contribution in [0, 0.1) is 0 Å². The number of hydroxylamine groups is 1. The number of nitrogens with zero attached hydrogens (tertiary/aromatic N) is 2. The van der Waals surface area contributed by atoms with E-state index in [-0.39, 0.29) is 5.11 Å². The van der Waals surface area contributed by atoms with Gasteiger partial charge in [-0.05, 0) is 29.7 Å². The van der Waals surface area contributed by atoms with Crippen LogP contribution in [0.4, 0.5) is 5.69 Å². The van der Waals surface area contributed by atoms with Gasteiger partial charge in [-0.3, -0.25) is 4.84 Å². The van der Waals surface area contributed by atoms with Gasteiger partial charge in [0.1, 0.15) is 0 Å². The molecule has 4 aromatic rings. The average Bonchev–Trinajstić information content (AvgIpc) is 2.61. The van der Waals surface area contributed by atoms with Crippen LogP contribution in [0.25, 0.3) is 32.6 Å². The Morgan fingerprint density at radius 2 is 1.67 bits per heavy atom. The van der Waals surface area contributed by atoms with Gasteiger partial charge in [0, 0.05) is 16.2 Å². The molecule has 2 N–H and O–H groups in total. The second-order valence-electron chi connectivity index (χ2n) is 5.48. The van der Waals surface area contributed by atoms with Crippen LogP contribution in [0.3, 0.4) is 0 Å². The van der Waals surface area contributed by atoms with Crippen LogP contribution >= 0.6 is 12.2 Å². The summed E-state index contributed by atoms with van der Waals surface area (Å²) in [6.45, 7) is 0. The van der Waals surface area contributed by atoms with Crippen LogP contribution in [0.15, 0.2) is 60.7 Å². The maximum Gasteiger partial charge on any atom is 0.195 e. The average molecular weight is 333 g/mol. The maximum absolute atomic E-state index is 5.89. The van der Waals surface area contributed by atoms with Crippen LogP contribution in [0.2, 0.25) is 0 Å². The molecule has 0 fully saturated rings. The van der Waals surface area contributed by atoms with E-state index < -0.39 is 0 Å². The number of pyridine rings is 1.